The number of fused-ring (bicyclic) bond motifs is 2. The summed E-state index contributed by atoms with van der Waals surface area (Å²) in [5, 5.41) is 6.25. The van der Waals surface area contributed by atoms with Crippen molar-refractivity contribution in [1.29, 1.82) is 0 Å². The van der Waals surface area contributed by atoms with Crippen LogP contribution < -0.4 is 15.0 Å². The molecule has 1 N–H and O–H groups in total. The van der Waals surface area contributed by atoms with Gasteiger partial charge in [-0.25, -0.2) is 4.98 Å². The first-order valence-corrected chi connectivity index (χ1v) is 10.0. The lowest BCUT2D eigenvalue weighted by Crippen LogP contribution is -2.52. The molecule has 1 saturated heterocycles. The van der Waals surface area contributed by atoms with Crippen molar-refractivity contribution < 1.29 is 9.53 Å². The Balaban J connectivity index is 1.28. The Labute approximate surface area is 166 Å². The summed E-state index contributed by atoms with van der Waals surface area (Å²) >= 11 is 1.65. The van der Waals surface area contributed by atoms with Crippen molar-refractivity contribution in [2.75, 3.05) is 30.4 Å². The average molecular weight is 389 g/mol. The number of methoxy groups -OCH3 is 1. The zero-order chi connectivity index (χ0) is 19.1. The molecule has 1 aromatic heterocycles. The van der Waals surface area contributed by atoms with Crippen LogP contribution in [0.15, 0.2) is 60.7 Å². The Morgan fingerprint density at radius 2 is 1.96 bits per heavy atom. The van der Waals surface area contributed by atoms with E-state index in [1.165, 1.54) is 0 Å². The summed E-state index contributed by atoms with van der Waals surface area (Å²) < 4.78 is 6.39. The number of ether oxygens (including phenoxy) is 1. The third-order valence-electron chi connectivity index (χ3n) is 5.15. The minimum absolute atomic E-state index is 0.0273. The van der Waals surface area contributed by atoms with Crippen molar-refractivity contribution in [3.05, 3.63) is 60.7 Å². The van der Waals surface area contributed by atoms with Gasteiger partial charge in [0.15, 0.2) is 5.13 Å². The zero-order valence-corrected chi connectivity index (χ0v) is 16.2. The quantitative estimate of drug-likeness (QED) is 0.557. The predicted molar refractivity (Wildman–Crippen MR) is 114 cm³/mol. The number of benzene rings is 3. The van der Waals surface area contributed by atoms with E-state index in [1.54, 1.807) is 18.4 Å². The van der Waals surface area contributed by atoms with Crippen LogP contribution in [0.1, 0.15) is 0 Å². The van der Waals surface area contributed by atoms with Gasteiger partial charge in [-0.15, -0.1) is 0 Å². The third-order valence-corrected chi connectivity index (χ3v) is 6.25. The van der Waals surface area contributed by atoms with Gasteiger partial charge in [-0.1, -0.05) is 47.7 Å². The normalized spacial score (nSPS) is 14.2. The first-order chi connectivity index (χ1) is 13.7. The van der Waals surface area contributed by atoms with Crippen molar-refractivity contribution in [1.82, 2.24) is 4.98 Å². The van der Waals surface area contributed by atoms with Gasteiger partial charge in [-0.2, -0.15) is 0 Å². The summed E-state index contributed by atoms with van der Waals surface area (Å²) in [6.45, 7) is 1.38. The molecule has 1 fully saturated rings. The number of anilines is 2. The van der Waals surface area contributed by atoms with E-state index in [1.807, 2.05) is 48.5 Å². The highest BCUT2D eigenvalue weighted by Gasteiger charge is 2.34. The molecule has 2 heterocycles. The smallest absolute Gasteiger partial charge is 0.231 e. The molecule has 28 heavy (non-hydrogen) atoms. The molecule has 5 nitrogen and oxygen atoms in total. The second kappa shape index (κ2) is 6.80. The van der Waals surface area contributed by atoms with E-state index in [0.29, 0.717) is 13.1 Å². The Hall–Kier alpha value is -3.12. The molecule has 0 aliphatic carbocycles. The number of hydrogen-bond acceptors (Lipinski definition) is 5. The molecule has 0 unspecified atom stereocenters. The van der Waals surface area contributed by atoms with Crippen LogP contribution in [0.25, 0.3) is 21.0 Å². The Morgan fingerprint density at radius 1 is 1.14 bits per heavy atom. The highest BCUT2D eigenvalue weighted by Crippen LogP contribution is 2.35. The standard InChI is InChI=1S/C22H19N3O2S/c1-27-16-9-10-20-19(11-16)24-22(28-20)25-12-15(13-25)21(26)23-18-8-4-6-14-5-2-3-7-17(14)18/h2-11,15H,12-13H2,1H3,(H,23,26). The fraction of sp³-hybridized carbons (Fsp3) is 0.182. The van der Waals surface area contributed by atoms with Crippen LogP contribution in [-0.4, -0.2) is 31.1 Å². The molecule has 0 radical (unpaired) electrons. The van der Waals surface area contributed by atoms with E-state index >= 15 is 0 Å². The summed E-state index contributed by atoms with van der Waals surface area (Å²) in [7, 11) is 1.66. The largest absolute Gasteiger partial charge is 0.497 e. The molecule has 1 amide bonds. The Bertz CT molecular complexity index is 1180. The molecule has 0 spiro atoms. The maximum absolute atomic E-state index is 12.7. The SMILES string of the molecule is COc1ccc2sc(N3CC(C(=O)Nc4cccc5ccccc45)C3)nc2c1. The van der Waals surface area contributed by atoms with E-state index in [9.17, 15) is 4.79 Å². The van der Waals surface area contributed by atoms with E-state index in [2.05, 4.69) is 22.3 Å². The van der Waals surface area contributed by atoms with Crippen LogP contribution in [-0.2, 0) is 4.79 Å². The highest BCUT2D eigenvalue weighted by molar-refractivity contribution is 7.22. The number of thiazole rings is 1. The molecule has 5 rings (SSSR count). The van der Waals surface area contributed by atoms with Crippen LogP contribution in [0.3, 0.4) is 0 Å². The number of nitrogens with one attached hydrogen (secondary N) is 1. The van der Waals surface area contributed by atoms with Gasteiger partial charge in [0.2, 0.25) is 5.91 Å². The van der Waals surface area contributed by atoms with Crippen LogP contribution in [0.2, 0.25) is 0 Å². The lowest BCUT2D eigenvalue weighted by Gasteiger charge is -2.38. The maximum atomic E-state index is 12.7. The molecule has 0 atom stereocenters. The molecule has 6 heteroatoms. The molecule has 4 aromatic rings. The van der Waals surface area contributed by atoms with E-state index in [4.69, 9.17) is 9.72 Å². The molecule has 1 aliphatic heterocycles. The van der Waals surface area contributed by atoms with Crippen molar-refractivity contribution in [3.63, 3.8) is 0 Å². The lowest BCUT2D eigenvalue weighted by molar-refractivity contribution is -0.120. The molecule has 0 saturated carbocycles. The van der Waals surface area contributed by atoms with Gasteiger partial charge in [-0.3, -0.25) is 4.79 Å². The predicted octanol–water partition coefficient (Wildman–Crippen LogP) is 4.53. The highest BCUT2D eigenvalue weighted by atomic mass is 32.1. The number of carbonyl (C=O) groups excluding carboxylic acids is 1. The number of aromatic nitrogens is 1. The third kappa shape index (κ3) is 2.96. The van der Waals surface area contributed by atoms with Crippen molar-refractivity contribution in [2.45, 2.75) is 0 Å². The van der Waals surface area contributed by atoms with Gasteiger partial charge < -0.3 is 15.0 Å². The lowest BCUT2D eigenvalue weighted by atomic mass is 9.99. The second-order valence-corrected chi connectivity index (χ2v) is 7.96. The van der Waals surface area contributed by atoms with Crippen LogP contribution in [0.4, 0.5) is 10.8 Å². The van der Waals surface area contributed by atoms with Gasteiger partial charge in [0, 0.05) is 30.2 Å². The Kier molecular flexibility index (Phi) is 4.13. The van der Waals surface area contributed by atoms with E-state index in [0.717, 1.165) is 37.6 Å². The van der Waals surface area contributed by atoms with Crippen molar-refractivity contribution in [2.24, 2.45) is 5.92 Å². The summed E-state index contributed by atoms with van der Waals surface area (Å²) in [6, 6.07) is 20.0. The molecule has 140 valence electrons. The maximum Gasteiger partial charge on any atom is 0.231 e. The monoisotopic (exact) mass is 389 g/mol. The molecule has 3 aromatic carbocycles. The first-order valence-electron chi connectivity index (χ1n) is 9.19. The van der Waals surface area contributed by atoms with Crippen molar-refractivity contribution >= 4 is 49.1 Å². The minimum Gasteiger partial charge on any atom is -0.497 e. The average Bonchev–Trinajstić information content (AvgIpc) is 3.09. The minimum atomic E-state index is -0.0273. The fourth-order valence-electron chi connectivity index (χ4n) is 3.53. The summed E-state index contributed by atoms with van der Waals surface area (Å²) in [5.41, 5.74) is 1.80. The van der Waals surface area contributed by atoms with Crippen LogP contribution in [0.5, 0.6) is 5.75 Å². The van der Waals surface area contributed by atoms with Gasteiger partial charge in [0.05, 0.1) is 23.2 Å². The number of hydrogen-bond donors (Lipinski definition) is 1. The summed E-state index contributed by atoms with van der Waals surface area (Å²) in [4.78, 5) is 19.6. The number of amides is 1. The Morgan fingerprint density at radius 3 is 2.82 bits per heavy atom. The first kappa shape index (κ1) is 17.0. The molecular weight excluding hydrogens is 370 g/mol. The molecular formula is C22H19N3O2S. The van der Waals surface area contributed by atoms with Gasteiger partial charge in [0.1, 0.15) is 5.75 Å². The fourth-order valence-corrected chi connectivity index (χ4v) is 4.49. The number of carbonyl (C=O) groups is 1. The van der Waals surface area contributed by atoms with Crippen LogP contribution >= 0.6 is 11.3 Å². The summed E-state index contributed by atoms with van der Waals surface area (Å²) in [6.07, 6.45) is 0. The van der Waals surface area contributed by atoms with Crippen molar-refractivity contribution in [3.8, 4) is 5.75 Å². The van der Waals surface area contributed by atoms with Crippen LogP contribution in [0, 0.1) is 5.92 Å². The summed E-state index contributed by atoms with van der Waals surface area (Å²) in [5.74, 6) is 0.844. The van der Waals surface area contributed by atoms with E-state index < -0.39 is 0 Å². The van der Waals surface area contributed by atoms with Gasteiger partial charge in [0.25, 0.3) is 0 Å². The number of rotatable bonds is 4. The second-order valence-electron chi connectivity index (χ2n) is 6.95. The molecule has 1 aliphatic rings. The molecule has 0 bridgehead atoms. The number of nitrogens with zero attached hydrogens (tertiary/aromatic N) is 2. The topological polar surface area (TPSA) is 54.5 Å². The van der Waals surface area contributed by atoms with E-state index in [-0.39, 0.29) is 11.8 Å². The van der Waals surface area contributed by atoms with Gasteiger partial charge >= 0.3 is 0 Å². The zero-order valence-electron chi connectivity index (χ0n) is 15.4. The van der Waals surface area contributed by atoms with Gasteiger partial charge in [-0.05, 0) is 23.6 Å².